The second-order valence-corrected chi connectivity index (χ2v) is 5.75. The van der Waals surface area contributed by atoms with Crippen LogP contribution in [0.25, 0.3) is 0 Å². The van der Waals surface area contributed by atoms with Crippen LogP contribution in [0.1, 0.15) is 24.8 Å². The highest BCUT2D eigenvalue weighted by atomic mass is 79.9. The van der Waals surface area contributed by atoms with Crippen molar-refractivity contribution in [1.29, 1.82) is 0 Å². The number of carbonyl (C=O) groups is 1. The summed E-state index contributed by atoms with van der Waals surface area (Å²) in [6, 6.07) is 5.61. The molecule has 4 N–H and O–H groups in total. The summed E-state index contributed by atoms with van der Waals surface area (Å²) in [6.07, 6.45) is 2.14. The van der Waals surface area contributed by atoms with E-state index in [1.807, 2.05) is 25.1 Å². The molecule has 0 bridgehead atoms. The first kappa shape index (κ1) is 13.9. The minimum absolute atomic E-state index is 0.00832. The van der Waals surface area contributed by atoms with E-state index in [4.69, 9.17) is 10.9 Å². The lowest BCUT2D eigenvalue weighted by Crippen LogP contribution is -2.51. The normalized spacial score (nSPS) is 17.7. The molecule has 19 heavy (non-hydrogen) atoms. The molecule has 5 nitrogen and oxygen atoms in total. The van der Waals surface area contributed by atoms with Gasteiger partial charge in [-0.05, 0) is 43.5 Å². The molecule has 0 radical (unpaired) electrons. The molecule has 1 saturated carbocycles. The molecule has 1 fully saturated rings. The predicted molar refractivity (Wildman–Crippen MR) is 77.2 cm³/mol. The molecule has 1 amide bonds. The fourth-order valence-corrected chi connectivity index (χ4v) is 2.71. The summed E-state index contributed by atoms with van der Waals surface area (Å²) in [5, 5.41) is 14.7. The van der Waals surface area contributed by atoms with E-state index in [0.29, 0.717) is 12.8 Å². The average Bonchev–Trinajstić information content (AvgIpc) is 2.31. The Morgan fingerprint density at radius 3 is 2.68 bits per heavy atom. The second-order valence-electron chi connectivity index (χ2n) is 4.83. The molecule has 1 aromatic carbocycles. The number of amides is 1. The largest absolute Gasteiger partial charge is 0.409 e. The van der Waals surface area contributed by atoms with Crippen molar-refractivity contribution in [1.82, 2.24) is 0 Å². The number of rotatable bonds is 3. The van der Waals surface area contributed by atoms with Crippen LogP contribution in [0.3, 0.4) is 0 Å². The molecule has 0 aliphatic heterocycles. The van der Waals surface area contributed by atoms with Crippen LogP contribution in [0.2, 0.25) is 0 Å². The highest BCUT2D eigenvalue weighted by molar-refractivity contribution is 9.10. The SMILES string of the molecule is Cc1cc(Br)ccc1NC(=O)C1(/C(N)=N/O)CCC1. The summed E-state index contributed by atoms with van der Waals surface area (Å²) < 4.78 is 0.956. The summed E-state index contributed by atoms with van der Waals surface area (Å²) in [5.41, 5.74) is 6.50. The summed E-state index contributed by atoms with van der Waals surface area (Å²) in [4.78, 5) is 12.4. The Morgan fingerprint density at radius 1 is 1.53 bits per heavy atom. The number of halogens is 1. The zero-order valence-corrected chi connectivity index (χ0v) is 12.2. The van der Waals surface area contributed by atoms with Gasteiger partial charge in [0, 0.05) is 10.2 Å². The third-order valence-corrected chi connectivity index (χ3v) is 4.17. The monoisotopic (exact) mass is 325 g/mol. The Bertz CT molecular complexity index is 539. The topological polar surface area (TPSA) is 87.7 Å². The van der Waals surface area contributed by atoms with Crippen molar-refractivity contribution in [2.45, 2.75) is 26.2 Å². The summed E-state index contributed by atoms with van der Waals surface area (Å²) in [5.74, 6) is -0.217. The minimum Gasteiger partial charge on any atom is -0.409 e. The van der Waals surface area contributed by atoms with Crippen molar-refractivity contribution in [2.75, 3.05) is 5.32 Å². The van der Waals surface area contributed by atoms with Crippen LogP contribution >= 0.6 is 15.9 Å². The average molecular weight is 326 g/mol. The summed E-state index contributed by atoms with van der Waals surface area (Å²) in [7, 11) is 0. The van der Waals surface area contributed by atoms with Gasteiger partial charge in [0.2, 0.25) is 5.91 Å². The Balaban J connectivity index is 2.21. The molecule has 0 saturated heterocycles. The van der Waals surface area contributed by atoms with Crippen LogP contribution in [0, 0.1) is 12.3 Å². The molecule has 1 aliphatic carbocycles. The van der Waals surface area contributed by atoms with E-state index in [-0.39, 0.29) is 11.7 Å². The Kier molecular flexibility index (Phi) is 3.80. The highest BCUT2D eigenvalue weighted by Gasteiger charge is 2.48. The molecule has 1 aromatic rings. The molecule has 6 heteroatoms. The van der Waals surface area contributed by atoms with Crippen molar-refractivity contribution in [3.05, 3.63) is 28.2 Å². The first-order valence-electron chi connectivity index (χ1n) is 6.05. The fraction of sp³-hybridized carbons (Fsp3) is 0.385. The zero-order valence-electron chi connectivity index (χ0n) is 10.6. The molecule has 1 aliphatic rings. The first-order chi connectivity index (χ1) is 8.99. The van der Waals surface area contributed by atoms with Crippen LogP contribution in [0.5, 0.6) is 0 Å². The van der Waals surface area contributed by atoms with Crippen LogP contribution in [0.15, 0.2) is 27.8 Å². The van der Waals surface area contributed by atoms with Crippen LogP contribution < -0.4 is 11.1 Å². The third-order valence-electron chi connectivity index (χ3n) is 3.68. The molecule has 102 valence electrons. The van der Waals surface area contributed by atoms with Crippen molar-refractivity contribution < 1.29 is 10.0 Å². The number of hydrogen-bond donors (Lipinski definition) is 3. The minimum atomic E-state index is -0.853. The van der Waals surface area contributed by atoms with E-state index in [2.05, 4.69) is 26.4 Å². The highest BCUT2D eigenvalue weighted by Crippen LogP contribution is 2.42. The number of aryl methyl sites for hydroxylation is 1. The van der Waals surface area contributed by atoms with Gasteiger partial charge in [-0.15, -0.1) is 0 Å². The maximum absolute atomic E-state index is 12.4. The number of nitrogens with one attached hydrogen (secondary N) is 1. The van der Waals surface area contributed by atoms with Crippen LogP contribution in [0.4, 0.5) is 5.69 Å². The lowest BCUT2D eigenvalue weighted by atomic mass is 9.67. The maximum atomic E-state index is 12.4. The summed E-state index contributed by atoms with van der Waals surface area (Å²) in [6.45, 7) is 1.91. The maximum Gasteiger partial charge on any atom is 0.238 e. The first-order valence-corrected chi connectivity index (χ1v) is 6.84. The molecule has 0 heterocycles. The lowest BCUT2D eigenvalue weighted by Gasteiger charge is -2.38. The Hall–Kier alpha value is -1.56. The van der Waals surface area contributed by atoms with E-state index in [0.717, 1.165) is 22.1 Å². The predicted octanol–water partition coefficient (Wildman–Crippen LogP) is 2.61. The number of nitrogens with two attached hydrogens (primary N) is 1. The number of nitrogens with zero attached hydrogens (tertiary/aromatic N) is 1. The Labute approximate surface area is 120 Å². The van der Waals surface area contributed by atoms with E-state index in [1.54, 1.807) is 0 Å². The van der Waals surface area contributed by atoms with Crippen molar-refractivity contribution in [3.8, 4) is 0 Å². The van der Waals surface area contributed by atoms with Gasteiger partial charge in [-0.1, -0.05) is 27.5 Å². The number of carbonyl (C=O) groups excluding carboxylic acids is 1. The second kappa shape index (κ2) is 5.21. The van der Waals surface area contributed by atoms with Gasteiger partial charge in [0.1, 0.15) is 5.41 Å². The van der Waals surface area contributed by atoms with Gasteiger partial charge in [-0.25, -0.2) is 0 Å². The number of amidine groups is 1. The molecule has 0 aromatic heterocycles. The number of anilines is 1. The van der Waals surface area contributed by atoms with E-state index in [9.17, 15) is 4.79 Å². The lowest BCUT2D eigenvalue weighted by molar-refractivity contribution is -0.125. The van der Waals surface area contributed by atoms with Gasteiger partial charge in [0.05, 0.1) is 0 Å². The zero-order chi connectivity index (χ0) is 14.0. The molecule has 0 atom stereocenters. The van der Waals surface area contributed by atoms with Gasteiger partial charge in [-0.2, -0.15) is 0 Å². The Morgan fingerprint density at radius 2 is 2.21 bits per heavy atom. The van der Waals surface area contributed by atoms with E-state index < -0.39 is 5.41 Å². The van der Waals surface area contributed by atoms with Crippen molar-refractivity contribution >= 4 is 33.4 Å². The molecular formula is C13H16BrN3O2. The fourth-order valence-electron chi connectivity index (χ4n) is 2.23. The number of benzene rings is 1. The molecule has 0 spiro atoms. The van der Waals surface area contributed by atoms with Crippen molar-refractivity contribution in [3.63, 3.8) is 0 Å². The summed E-state index contributed by atoms with van der Waals surface area (Å²) >= 11 is 3.38. The number of oxime groups is 1. The van der Waals surface area contributed by atoms with Crippen LogP contribution in [-0.4, -0.2) is 17.0 Å². The smallest absolute Gasteiger partial charge is 0.238 e. The molecule has 2 rings (SSSR count). The standard InChI is InChI=1S/C13H16BrN3O2/c1-8-7-9(14)3-4-10(8)16-12(18)13(5-2-6-13)11(15)17-19/h3-4,7,19H,2,5-6H2,1H3,(H2,15,17)(H,16,18). The third kappa shape index (κ3) is 2.45. The van der Waals surface area contributed by atoms with Gasteiger partial charge >= 0.3 is 0 Å². The van der Waals surface area contributed by atoms with Gasteiger partial charge in [0.25, 0.3) is 0 Å². The molecular weight excluding hydrogens is 310 g/mol. The van der Waals surface area contributed by atoms with Gasteiger partial charge < -0.3 is 16.3 Å². The van der Waals surface area contributed by atoms with Crippen LogP contribution in [-0.2, 0) is 4.79 Å². The molecule has 0 unspecified atom stereocenters. The van der Waals surface area contributed by atoms with Crippen molar-refractivity contribution in [2.24, 2.45) is 16.3 Å². The quantitative estimate of drug-likeness (QED) is 0.345. The van der Waals surface area contributed by atoms with E-state index in [1.165, 1.54) is 0 Å². The number of hydrogen-bond acceptors (Lipinski definition) is 3. The van der Waals surface area contributed by atoms with Gasteiger partial charge in [-0.3, -0.25) is 4.79 Å². The van der Waals surface area contributed by atoms with Gasteiger partial charge in [0.15, 0.2) is 5.84 Å². The van der Waals surface area contributed by atoms with E-state index >= 15 is 0 Å².